The number of benzene rings is 3. The van der Waals surface area contributed by atoms with Crippen molar-refractivity contribution in [2.24, 2.45) is 0 Å². The zero-order valence-electron chi connectivity index (χ0n) is 23.5. The van der Waals surface area contributed by atoms with Gasteiger partial charge in [0.2, 0.25) is 5.91 Å². The minimum Gasteiger partial charge on any atom is -0.467 e. The average molecular weight is 519 g/mol. The lowest BCUT2D eigenvalue weighted by Crippen LogP contribution is -2.51. The fourth-order valence-electron chi connectivity index (χ4n) is 4.71. The molecule has 7 nitrogen and oxygen atoms in total. The van der Waals surface area contributed by atoms with Crippen LogP contribution in [0.15, 0.2) is 48.5 Å². The van der Waals surface area contributed by atoms with Crippen molar-refractivity contribution in [2.75, 3.05) is 12.4 Å². The van der Waals surface area contributed by atoms with Crippen molar-refractivity contribution in [1.82, 2.24) is 5.32 Å². The predicted octanol–water partition coefficient (Wildman–Crippen LogP) is 5.42. The normalized spacial score (nSPS) is 13.1. The molecule has 0 aliphatic carbocycles. The van der Waals surface area contributed by atoms with Gasteiger partial charge in [-0.1, -0.05) is 42.0 Å². The Kier molecular flexibility index (Phi) is 8.94. The second-order valence-electron chi connectivity index (χ2n) is 10.8. The van der Waals surface area contributed by atoms with Crippen LogP contribution in [0.3, 0.4) is 0 Å². The van der Waals surface area contributed by atoms with Crippen molar-refractivity contribution in [3.05, 3.63) is 76.3 Å². The molecule has 7 heteroatoms. The van der Waals surface area contributed by atoms with E-state index in [1.54, 1.807) is 19.1 Å². The molecule has 0 radical (unpaired) electrons. The summed E-state index contributed by atoms with van der Waals surface area (Å²) in [5.41, 5.74) is 4.25. The maximum Gasteiger partial charge on any atom is 0.331 e. The second-order valence-corrected chi connectivity index (χ2v) is 10.8. The van der Waals surface area contributed by atoms with Crippen molar-refractivity contribution < 1.29 is 23.9 Å². The number of amides is 2. The monoisotopic (exact) mass is 518 g/mol. The van der Waals surface area contributed by atoms with Crippen LogP contribution in [0.2, 0.25) is 0 Å². The van der Waals surface area contributed by atoms with Crippen molar-refractivity contribution >= 4 is 34.2 Å². The number of esters is 1. The number of nitrogens with one attached hydrogen (secondary N) is 2. The summed E-state index contributed by atoms with van der Waals surface area (Å²) in [5.74, 6) is -1.38. The van der Waals surface area contributed by atoms with E-state index in [-0.39, 0.29) is 17.9 Å². The summed E-state index contributed by atoms with van der Waals surface area (Å²) < 4.78 is 10.9. The molecule has 2 amide bonds. The van der Waals surface area contributed by atoms with E-state index in [9.17, 15) is 14.4 Å². The number of carbonyl (C=O) groups is 3. The van der Waals surface area contributed by atoms with Crippen molar-refractivity contribution in [3.63, 3.8) is 0 Å². The molecule has 3 aromatic carbocycles. The lowest BCUT2D eigenvalue weighted by Gasteiger charge is -2.30. The summed E-state index contributed by atoms with van der Waals surface area (Å²) in [4.78, 5) is 39.3. The minimum absolute atomic E-state index is 0.174. The summed E-state index contributed by atoms with van der Waals surface area (Å²) >= 11 is 0. The van der Waals surface area contributed by atoms with Gasteiger partial charge in [0.15, 0.2) is 6.04 Å². The van der Waals surface area contributed by atoms with Crippen LogP contribution in [0, 0.1) is 20.8 Å². The van der Waals surface area contributed by atoms with Gasteiger partial charge in [-0.25, -0.2) is 4.79 Å². The topological polar surface area (TPSA) is 93.7 Å². The highest BCUT2D eigenvalue weighted by molar-refractivity contribution is 6.08. The molecule has 0 spiro atoms. The van der Waals surface area contributed by atoms with E-state index in [1.807, 2.05) is 65.8 Å². The molecule has 0 aliphatic heterocycles. The summed E-state index contributed by atoms with van der Waals surface area (Å²) in [6.07, 6.45) is -0.482. The first-order chi connectivity index (χ1) is 17.8. The fourth-order valence-corrected chi connectivity index (χ4v) is 4.71. The number of fused-ring (bicyclic) bond motifs is 1. The average Bonchev–Trinajstić information content (AvgIpc) is 2.82. The standard InChI is InChI=1S/C31H38N2O5/c1-18-13-19(2)24(20(3)14-18)17-27(34)32-26-16-23-12-10-9-11-22(23)15-25(26)29(35)33-28(30(36)37-8)21(4)38-31(5,6)7/h9-16,21,28H,17H2,1-8H3,(H,32,34)(H,33,35)/t21?,28-/m0/s1. The molecule has 1 unspecified atom stereocenters. The summed E-state index contributed by atoms with van der Waals surface area (Å²) in [7, 11) is 1.27. The SMILES string of the molecule is COC(=O)[C@@H](NC(=O)c1cc2ccccc2cc1NC(=O)Cc1c(C)cc(C)cc1C)C(C)OC(C)(C)C. The van der Waals surface area contributed by atoms with Gasteiger partial charge in [0, 0.05) is 0 Å². The summed E-state index contributed by atoms with van der Waals surface area (Å²) in [5, 5.41) is 7.41. The zero-order valence-corrected chi connectivity index (χ0v) is 23.5. The van der Waals surface area contributed by atoms with E-state index in [0.29, 0.717) is 5.69 Å². The molecule has 3 aromatic rings. The number of aryl methyl sites for hydroxylation is 3. The summed E-state index contributed by atoms with van der Waals surface area (Å²) in [6, 6.07) is 14.1. The molecule has 38 heavy (non-hydrogen) atoms. The van der Waals surface area contributed by atoms with Gasteiger partial charge < -0.3 is 20.1 Å². The predicted molar refractivity (Wildman–Crippen MR) is 151 cm³/mol. The van der Waals surface area contributed by atoms with E-state index >= 15 is 0 Å². The first-order valence-corrected chi connectivity index (χ1v) is 12.7. The quantitative estimate of drug-likeness (QED) is 0.388. The first-order valence-electron chi connectivity index (χ1n) is 12.7. The lowest BCUT2D eigenvalue weighted by atomic mass is 9.97. The van der Waals surface area contributed by atoms with E-state index in [4.69, 9.17) is 9.47 Å². The molecule has 3 rings (SSSR count). The van der Waals surface area contributed by atoms with Gasteiger partial charge in [-0.15, -0.1) is 0 Å². The minimum atomic E-state index is -1.04. The number of carbonyl (C=O) groups excluding carboxylic acids is 3. The van der Waals surface area contributed by atoms with E-state index < -0.39 is 29.6 Å². The zero-order chi connectivity index (χ0) is 28.2. The second kappa shape index (κ2) is 11.8. The molecule has 0 aromatic heterocycles. The molecule has 0 saturated heterocycles. The molecule has 0 saturated carbocycles. The first kappa shape index (κ1) is 28.9. The largest absolute Gasteiger partial charge is 0.467 e. The highest BCUT2D eigenvalue weighted by Crippen LogP contribution is 2.26. The van der Waals surface area contributed by atoms with Crippen LogP contribution in [0.4, 0.5) is 5.69 Å². The Bertz CT molecular complexity index is 1330. The highest BCUT2D eigenvalue weighted by Gasteiger charge is 2.32. The number of anilines is 1. The molecule has 2 N–H and O–H groups in total. The van der Waals surface area contributed by atoms with E-state index in [0.717, 1.165) is 33.0 Å². The Morgan fingerprint density at radius 3 is 2.05 bits per heavy atom. The molecule has 0 fully saturated rings. The smallest absolute Gasteiger partial charge is 0.331 e. The molecule has 202 valence electrons. The molecule has 2 atom stereocenters. The Balaban J connectivity index is 1.95. The third-order valence-electron chi connectivity index (χ3n) is 6.33. The number of rotatable bonds is 8. The van der Waals surface area contributed by atoms with Gasteiger partial charge >= 0.3 is 5.97 Å². The maximum atomic E-state index is 13.6. The van der Waals surface area contributed by atoms with Crippen LogP contribution < -0.4 is 10.6 Å². The van der Waals surface area contributed by atoms with Gasteiger partial charge in [0.1, 0.15) is 0 Å². The fraction of sp³-hybridized carbons (Fsp3) is 0.387. The lowest BCUT2D eigenvalue weighted by molar-refractivity contribution is -0.150. The van der Waals surface area contributed by atoms with E-state index in [2.05, 4.69) is 22.8 Å². The van der Waals surface area contributed by atoms with Crippen LogP contribution in [0.25, 0.3) is 10.8 Å². The van der Waals surface area contributed by atoms with Crippen molar-refractivity contribution in [3.8, 4) is 0 Å². The molecular formula is C31H38N2O5. The number of ether oxygens (including phenoxy) is 2. The number of hydrogen-bond donors (Lipinski definition) is 2. The molecule has 0 bridgehead atoms. The van der Waals surface area contributed by atoms with Crippen molar-refractivity contribution in [2.45, 2.75) is 72.6 Å². The van der Waals surface area contributed by atoms with Crippen LogP contribution in [0.5, 0.6) is 0 Å². The van der Waals surface area contributed by atoms with Gasteiger partial charge in [-0.3, -0.25) is 9.59 Å². The van der Waals surface area contributed by atoms with Crippen LogP contribution in [-0.4, -0.2) is 42.6 Å². The molecule has 0 heterocycles. The molecular weight excluding hydrogens is 480 g/mol. The highest BCUT2D eigenvalue weighted by atomic mass is 16.5. The van der Waals surface area contributed by atoms with Crippen LogP contribution in [0.1, 0.15) is 60.3 Å². The van der Waals surface area contributed by atoms with E-state index in [1.165, 1.54) is 7.11 Å². The van der Waals surface area contributed by atoms with Gasteiger partial charge in [0.25, 0.3) is 5.91 Å². The number of methoxy groups -OCH3 is 1. The number of hydrogen-bond acceptors (Lipinski definition) is 5. The van der Waals surface area contributed by atoms with Crippen molar-refractivity contribution in [1.29, 1.82) is 0 Å². The van der Waals surface area contributed by atoms with Gasteiger partial charge in [-0.05, 0) is 88.1 Å². The van der Waals surface area contributed by atoms with Crippen LogP contribution in [-0.2, 0) is 25.5 Å². The maximum absolute atomic E-state index is 13.6. The Morgan fingerprint density at radius 1 is 0.921 bits per heavy atom. The summed E-state index contributed by atoms with van der Waals surface area (Å²) in [6.45, 7) is 13.3. The third kappa shape index (κ3) is 7.19. The van der Waals surface area contributed by atoms with Gasteiger partial charge in [0.05, 0.1) is 36.5 Å². The molecule has 0 aliphatic rings. The Labute approximate surface area is 224 Å². The van der Waals surface area contributed by atoms with Gasteiger partial charge in [-0.2, -0.15) is 0 Å². The Morgan fingerprint density at radius 2 is 1.50 bits per heavy atom. The Hall–Kier alpha value is -3.71. The van der Waals surface area contributed by atoms with Crippen LogP contribution >= 0.6 is 0 Å². The third-order valence-corrected chi connectivity index (χ3v) is 6.33.